The minimum Gasteiger partial charge on any atom is -0.504 e. The van der Waals surface area contributed by atoms with Crippen molar-refractivity contribution < 1.29 is 9.84 Å². The highest BCUT2D eigenvalue weighted by Gasteiger charge is 2.06. The summed E-state index contributed by atoms with van der Waals surface area (Å²) in [6.07, 6.45) is 7.47. The number of hydrogen-bond donors (Lipinski definition) is 2. The highest BCUT2D eigenvalue weighted by Crippen LogP contribution is 2.26. The molecule has 0 fully saturated rings. The number of aromatic hydroxyl groups is 1. The fourth-order valence-electron chi connectivity index (χ4n) is 1.71. The zero-order valence-electron chi connectivity index (χ0n) is 11.1. The van der Waals surface area contributed by atoms with Crippen molar-refractivity contribution in [1.82, 2.24) is 5.32 Å². The average molecular weight is 247 g/mol. The van der Waals surface area contributed by atoms with E-state index in [1.54, 1.807) is 6.07 Å². The molecule has 0 aliphatic heterocycles. The topological polar surface area (TPSA) is 41.5 Å². The van der Waals surface area contributed by atoms with Crippen LogP contribution in [0.5, 0.6) is 11.5 Å². The lowest BCUT2D eigenvalue weighted by molar-refractivity contribution is 0.317. The quantitative estimate of drug-likeness (QED) is 0.728. The van der Waals surface area contributed by atoms with Gasteiger partial charge in [0.1, 0.15) is 0 Å². The van der Waals surface area contributed by atoms with Gasteiger partial charge in [0, 0.05) is 6.54 Å². The van der Waals surface area contributed by atoms with Crippen LogP contribution in [0.2, 0.25) is 0 Å². The number of benzene rings is 1. The Hall–Kier alpha value is -1.66. The van der Waals surface area contributed by atoms with E-state index < -0.39 is 0 Å². The fraction of sp³-hybridized carbons (Fsp3) is 0.467. The molecule has 18 heavy (non-hydrogen) atoms. The van der Waals surface area contributed by atoms with Gasteiger partial charge < -0.3 is 9.84 Å². The molecule has 0 aliphatic rings. The summed E-state index contributed by atoms with van der Waals surface area (Å²) in [7, 11) is 0. The normalized spacial score (nSPS) is 11.8. The van der Waals surface area contributed by atoms with Gasteiger partial charge in [-0.3, -0.25) is 5.32 Å². The van der Waals surface area contributed by atoms with Crippen molar-refractivity contribution in [2.24, 2.45) is 0 Å². The first-order valence-electron chi connectivity index (χ1n) is 6.35. The molecule has 1 unspecified atom stereocenters. The lowest BCUT2D eigenvalue weighted by Crippen LogP contribution is -2.26. The smallest absolute Gasteiger partial charge is 0.161 e. The van der Waals surface area contributed by atoms with E-state index in [0.29, 0.717) is 18.9 Å². The highest BCUT2D eigenvalue weighted by atomic mass is 16.5. The second kappa shape index (κ2) is 7.62. The van der Waals surface area contributed by atoms with Crippen LogP contribution in [0.3, 0.4) is 0 Å². The molecule has 1 rings (SSSR count). The van der Waals surface area contributed by atoms with Crippen LogP contribution in [0.1, 0.15) is 32.3 Å². The van der Waals surface area contributed by atoms with E-state index in [1.165, 1.54) is 0 Å². The molecule has 1 aromatic rings. The van der Waals surface area contributed by atoms with Gasteiger partial charge in [0.05, 0.1) is 12.6 Å². The Kier molecular flexibility index (Phi) is 6.10. The lowest BCUT2D eigenvalue weighted by Gasteiger charge is -2.13. The second-order valence-corrected chi connectivity index (χ2v) is 4.12. The molecule has 0 heterocycles. The SMILES string of the molecule is C#CC(CCC)NCc1ccc(O)c(OCC)c1. The molecule has 0 radical (unpaired) electrons. The Morgan fingerprint density at radius 2 is 2.22 bits per heavy atom. The maximum atomic E-state index is 9.60. The van der Waals surface area contributed by atoms with Crippen molar-refractivity contribution in [2.45, 2.75) is 39.3 Å². The van der Waals surface area contributed by atoms with Gasteiger partial charge in [0.25, 0.3) is 0 Å². The van der Waals surface area contributed by atoms with Crippen LogP contribution in [0.25, 0.3) is 0 Å². The molecule has 2 N–H and O–H groups in total. The van der Waals surface area contributed by atoms with Crippen molar-refractivity contribution in [3.63, 3.8) is 0 Å². The number of ether oxygens (including phenoxy) is 1. The van der Waals surface area contributed by atoms with Gasteiger partial charge in [-0.05, 0) is 31.0 Å². The van der Waals surface area contributed by atoms with Gasteiger partial charge in [-0.15, -0.1) is 6.42 Å². The van der Waals surface area contributed by atoms with E-state index in [1.807, 2.05) is 19.1 Å². The Labute approximate surface area is 109 Å². The lowest BCUT2D eigenvalue weighted by atomic mass is 10.1. The third-order valence-corrected chi connectivity index (χ3v) is 2.66. The molecule has 0 saturated carbocycles. The van der Waals surface area contributed by atoms with Crippen molar-refractivity contribution in [2.75, 3.05) is 6.61 Å². The van der Waals surface area contributed by atoms with E-state index in [-0.39, 0.29) is 11.8 Å². The molecule has 0 bridgehead atoms. The molecule has 0 aromatic heterocycles. The molecule has 0 saturated heterocycles. The summed E-state index contributed by atoms with van der Waals surface area (Å²) >= 11 is 0. The molecule has 1 atom stereocenters. The summed E-state index contributed by atoms with van der Waals surface area (Å²) in [5, 5.41) is 12.9. The van der Waals surface area contributed by atoms with Gasteiger partial charge in [-0.1, -0.05) is 25.3 Å². The minimum atomic E-state index is 0.0966. The van der Waals surface area contributed by atoms with Crippen LogP contribution < -0.4 is 10.1 Å². The standard InChI is InChI=1S/C15H21NO2/c1-4-7-13(5-2)16-11-12-8-9-14(17)15(10-12)18-6-3/h2,8-10,13,16-17H,4,6-7,11H2,1,3H3. The number of nitrogens with one attached hydrogen (secondary N) is 1. The van der Waals surface area contributed by atoms with Crippen molar-refractivity contribution >= 4 is 0 Å². The van der Waals surface area contributed by atoms with Gasteiger partial charge in [0.2, 0.25) is 0 Å². The van der Waals surface area contributed by atoms with Gasteiger partial charge >= 0.3 is 0 Å². The third-order valence-electron chi connectivity index (χ3n) is 2.66. The molecular weight excluding hydrogens is 226 g/mol. The number of hydrogen-bond acceptors (Lipinski definition) is 3. The molecule has 0 spiro atoms. The molecule has 0 aliphatic carbocycles. The monoisotopic (exact) mass is 247 g/mol. The van der Waals surface area contributed by atoms with Crippen LogP contribution in [0, 0.1) is 12.3 Å². The maximum absolute atomic E-state index is 9.60. The van der Waals surface area contributed by atoms with Crippen LogP contribution >= 0.6 is 0 Å². The van der Waals surface area contributed by atoms with Crippen molar-refractivity contribution in [3.05, 3.63) is 23.8 Å². The predicted octanol–water partition coefficient (Wildman–Crippen LogP) is 2.68. The second-order valence-electron chi connectivity index (χ2n) is 4.12. The molecule has 0 amide bonds. The first-order chi connectivity index (χ1) is 8.71. The zero-order chi connectivity index (χ0) is 13.4. The summed E-state index contributed by atoms with van der Waals surface area (Å²) in [6.45, 7) is 5.21. The number of rotatable bonds is 7. The number of phenolic OH excluding ortho intramolecular Hbond substituents is 1. The Morgan fingerprint density at radius 1 is 1.44 bits per heavy atom. The van der Waals surface area contributed by atoms with Crippen molar-refractivity contribution in [3.8, 4) is 23.8 Å². The van der Waals surface area contributed by atoms with E-state index in [0.717, 1.165) is 18.4 Å². The Bertz CT molecular complexity index is 409. The number of phenols is 1. The summed E-state index contributed by atoms with van der Waals surface area (Å²) in [6, 6.07) is 5.45. The molecule has 3 nitrogen and oxygen atoms in total. The molecule has 98 valence electrons. The third kappa shape index (κ3) is 4.31. The molecule has 1 aromatic carbocycles. The predicted molar refractivity (Wildman–Crippen MR) is 73.6 cm³/mol. The van der Waals surface area contributed by atoms with E-state index in [4.69, 9.17) is 11.2 Å². The molecular formula is C15H21NO2. The van der Waals surface area contributed by atoms with Crippen LogP contribution in [0.15, 0.2) is 18.2 Å². The first-order valence-corrected chi connectivity index (χ1v) is 6.35. The van der Waals surface area contributed by atoms with Crippen LogP contribution in [-0.2, 0) is 6.54 Å². The van der Waals surface area contributed by atoms with Gasteiger partial charge in [0.15, 0.2) is 11.5 Å². The van der Waals surface area contributed by atoms with E-state index in [2.05, 4.69) is 18.2 Å². The summed E-state index contributed by atoms with van der Waals surface area (Å²) in [4.78, 5) is 0. The average Bonchev–Trinajstić information content (AvgIpc) is 2.38. The molecule has 3 heteroatoms. The number of terminal acetylenes is 1. The maximum Gasteiger partial charge on any atom is 0.161 e. The van der Waals surface area contributed by atoms with Gasteiger partial charge in [-0.2, -0.15) is 0 Å². The van der Waals surface area contributed by atoms with Crippen LogP contribution in [0.4, 0.5) is 0 Å². The Morgan fingerprint density at radius 3 is 2.83 bits per heavy atom. The highest BCUT2D eigenvalue weighted by molar-refractivity contribution is 5.41. The summed E-state index contributed by atoms with van der Waals surface area (Å²) < 4.78 is 5.34. The Balaban J connectivity index is 2.62. The minimum absolute atomic E-state index is 0.0966. The summed E-state index contributed by atoms with van der Waals surface area (Å²) in [5.41, 5.74) is 1.05. The fourth-order valence-corrected chi connectivity index (χ4v) is 1.71. The zero-order valence-corrected chi connectivity index (χ0v) is 11.1. The summed E-state index contributed by atoms with van der Waals surface area (Å²) in [5.74, 6) is 3.42. The largest absolute Gasteiger partial charge is 0.504 e. The van der Waals surface area contributed by atoms with E-state index in [9.17, 15) is 5.11 Å². The van der Waals surface area contributed by atoms with Crippen molar-refractivity contribution in [1.29, 1.82) is 0 Å². The van der Waals surface area contributed by atoms with Gasteiger partial charge in [-0.25, -0.2) is 0 Å². The van der Waals surface area contributed by atoms with Crippen LogP contribution in [-0.4, -0.2) is 17.8 Å². The van der Waals surface area contributed by atoms with E-state index >= 15 is 0 Å². The first kappa shape index (κ1) is 14.4.